The first-order valence-corrected chi connectivity index (χ1v) is 11.9. The summed E-state index contributed by atoms with van der Waals surface area (Å²) in [6, 6.07) is 16.9. The number of carbonyl (C=O) groups is 2. The first kappa shape index (κ1) is 24.6. The SMILES string of the molecule is Cc1cc(COc2ccc(C(=O)N[C@@H]3CN(C(C)C)CC[C@@H]3C(=O)NO)cc2)c2ccccc2n1. The summed E-state index contributed by atoms with van der Waals surface area (Å²) in [5.74, 6) is -0.568. The monoisotopic (exact) mass is 476 g/mol. The van der Waals surface area contributed by atoms with E-state index in [0.717, 1.165) is 28.7 Å². The number of hydrogen-bond acceptors (Lipinski definition) is 6. The predicted molar refractivity (Wildman–Crippen MR) is 133 cm³/mol. The van der Waals surface area contributed by atoms with Crippen LogP contribution in [0.5, 0.6) is 5.75 Å². The van der Waals surface area contributed by atoms with Gasteiger partial charge in [-0.25, -0.2) is 5.48 Å². The number of para-hydroxylation sites is 1. The van der Waals surface area contributed by atoms with Crippen molar-refractivity contribution in [2.24, 2.45) is 5.92 Å². The number of nitrogens with one attached hydrogen (secondary N) is 2. The minimum Gasteiger partial charge on any atom is -0.489 e. The van der Waals surface area contributed by atoms with Crippen LogP contribution in [0.2, 0.25) is 0 Å². The molecule has 1 aromatic heterocycles. The van der Waals surface area contributed by atoms with Crippen LogP contribution in [-0.4, -0.2) is 52.1 Å². The van der Waals surface area contributed by atoms with Crippen molar-refractivity contribution in [1.29, 1.82) is 0 Å². The Balaban J connectivity index is 1.42. The molecule has 0 radical (unpaired) electrons. The second kappa shape index (κ2) is 10.8. The second-order valence-electron chi connectivity index (χ2n) is 9.29. The number of carbonyl (C=O) groups excluding carboxylic acids is 2. The molecule has 184 valence electrons. The number of rotatable bonds is 7. The van der Waals surface area contributed by atoms with Gasteiger partial charge in [-0.15, -0.1) is 0 Å². The summed E-state index contributed by atoms with van der Waals surface area (Å²) in [6.45, 7) is 7.80. The van der Waals surface area contributed by atoms with E-state index in [-0.39, 0.29) is 5.91 Å². The molecule has 1 fully saturated rings. The fourth-order valence-electron chi connectivity index (χ4n) is 4.62. The first-order chi connectivity index (χ1) is 16.9. The Bertz CT molecular complexity index is 1200. The fraction of sp³-hybridized carbons (Fsp3) is 0.370. The Labute approximate surface area is 205 Å². The van der Waals surface area contributed by atoms with E-state index in [1.165, 1.54) is 0 Å². The first-order valence-electron chi connectivity index (χ1n) is 11.9. The van der Waals surface area contributed by atoms with Gasteiger partial charge in [0.15, 0.2) is 0 Å². The molecule has 2 atom stereocenters. The van der Waals surface area contributed by atoms with Crippen LogP contribution in [0.4, 0.5) is 0 Å². The van der Waals surface area contributed by atoms with Crippen molar-refractivity contribution < 1.29 is 19.5 Å². The number of hydrogen-bond donors (Lipinski definition) is 3. The van der Waals surface area contributed by atoms with E-state index in [2.05, 4.69) is 29.0 Å². The Hall–Kier alpha value is -3.49. The third kappa shape index (κ3) is 5.78. The maximum atomic E-state index is 12.9. The van der Waals surface area contributed by atoms with Crippen molar-refractivity contribution >= 4 is 22.7 Å². The van der Waals surface area contributed by atoms with Gasteiger partial charge in [-0.1, -0.05) is 18.2 Å². The zero-order valence-corrected chi connectivity index (χ0v) is 20.3. The predicted octanol–water partition coefficient (Wildman–Crippen LogP) is 3.46. The van der Waals surface area contributed by atoms with Crippen molar-refractivity contribution in [3.63, 3.8) is 0 Å². The average molecular weight is 477 g/mol. The van der Waals surface area contributed by atoms with Gasteiger partial charge in [0.2, 0.25) is 5.91 Å². The van der Waals surface area contributed by atoms with Gasteiger partial charge < -0.3 is 10.1 Å². The van der Waals surface area contributed by atoms with Gasteiger partial charge in [0, 0.05) is 34.8 Å². The molecule has 0 bridgehead atoms. The number of hydroxylamine groups is 1. The molecule has 0 aliphatic carbocycles. The van der Waals surface area contributed by atoms with E-state index in [1.807, 2.05) is 37.3 Å². The van der Waals surface area contributed by atoms with E-state index < -0.39 is 17.9 Å². The van der Waals surface area contributed by atoms with E-state index >= 15 is 0 Å². The molecule has 2 aromatic carbocycles. The summed E-state index contributed by atoms with van der Waals surface area (Å²) >= 11 is 0. The molecule has 0 spiro atoms. The summed E-state index contributed by atoms with van der Waals surface area (Å²) in [5, 5.41) is 13.2. The zero-order valence-electron chi connectivity index (χ0n) is 20.3. The molecule has 8 nitrogen and oxygen atoms in total. The van der Waals surface area contributed by atoms with Crippen LogP contribution >= 0.6 is 0 Å². The normalized spacial score (nSPS) is 18.4. The Morgan fingerprint density at radius 1 is 1.17 bits per heavy atom. The lowest BCUT2D eigenvalue weighted by Crippen LogP contribution is -2.57. The van der Waals surface area contributed by atoms with Crippen molar-refractivity contribution in [2.75, 3.05) is 13.1 Å². The summed E-state index contributed by atoms with van der Waals surface area (Å²) < 4.78 is 6.00. The number of ether oxygens (including phenoxy) is 1. The van der Waals surface area contributed by atoms with Crippen molar-refractivity contribution in [2.45, 2.75) is 45.9 Å². The minimum atomic E-state index is -0.486. The maximum absolute atomic E-state index is 12.9. The highest BCUT2D eigenvalue weighted by molar-refractivity contribution is 5.95. The number of nitrogens with zero attached hydrogens (tertiary/aromatic N) is 2. The van der Waals surface area contributed by atoms with Gasteiger partial charge >= 0.3 is 0 Å². The largest absolute Gasteiger partial charge is 0.489 e. The van der Waals surface area contributed by atoms with Crippen LogP contribution in [0.15, 0.2) is 54.6 Å². The molecule has 8 heteroatoms. The quantitative estimate of drug-likeness (QED) is 0.356. The van der Waals surface area contributed by atoms with Gasteiger partial charge in [-0.2, -0.15) is 0 Å². The highest BCUT2D eigenvalue weighted by Gasteiger charge is 2.35. The van der Waals surface area contributed by atoms with Crippen LogP contribution < -0.4 is 15.5 Å². The molecule has 3 aromatic rings. The summed E-state index contributed by atoms with van der Waals surface area (Å²) in [4.78, 5) is 31.9. The van der Waals surface area contributed by atoms with Crippen LogP contribution in [0, 0.1) is 12.8 Å². The van der Waals surface area contributed by atoms with E-state index in [1.54, 1.807) is 29.7 Å². The molecule has 1 aliphatic rings. The van der Waals surface area contributed by atoms with Gasteiger partial charge in [-0.3, -0.25) is 24.7 Å². The average Bonchev–Trinajstić information content (AvgIpc) is 2.86. The second-order valence-corrected chi connectivity index (χ2v) is 9.29. The zero-order chi connectivity index (χ0) is 24.9. The standard InChI is InChI=1S/C27H32N4O4/c1-17(2)31-13-12-23(27(33)30-34)25(15-31)29-26(32)19-8-10-21(11-9-19)35-16-20-14-18(3)28-24-7-5-4-6-22(20)24/h4-11,14,17,23,25,34H,12-13,15-16H2,1-3H3,(H,29,32)(H,30,33)/t23-,25+/m0/s1. The maximum Gasteiger partial charge on any atom is 0.251 e. The molecule has 1 saturated heterocycles. The molecule has 2 amide bonds. The van der Waals surface area contributed by atoms with E-state index in [4.69, 9.17) is 9.94 Å². The number of benzene rings is 2. The molecule has 3 N–H and O–H groups in total. The lowest BCUT2D eigenvalue weighted by Gasteiger charge is -2.39. The van der Waals surface area contributed by atoms with Gasteiger partial charge in [-0.05, 0) is 70.1 Å². The highest BCUT2D eigenvalue weighted by atomic mass is 16.5. The molecule has 2 heterocycles. The lowest BCUT2D eigenvalue weighted by molar-refractivity contribution is -0.136. The number of fused-ring (bicyclic) bond motifs is 1. The minimum absolute atomic E-state index is 0.265. The Kier molecular flexibility index (Phi) is 7.63. The molecule has 0 saturated carbocycles. The third-order valence-corrected chi connectivity index (χ3v) is 6.58. The molecule has 1 aliphatic heterocycles. The number of aromatic nitrogens is 1. The molecular weight excluding hydrogens is 444 g/mol. The number of aryl methyl sites for hydroxylation is 1. The summed E-state index contributed by atoms with van der Waals surface area (Å²) in [5.41, 5.74) is 5.14. The van der Waals surface area contributed by atoms with Crippen LogP contribution in [0.1, 0.15) is 41.9 Å². The van der Waals surface area contributed by atoms with Crippen molar-refractivity contribution in [3.8, 4) is 5.75 Å². The van der Waals surface area contributed by atoms with Crippen LogP contribution in [0.25, 0.3) is 10.9 Å². The molecule has 35 heavy (non-hydrogen) atoms. The van der Waals surface area contributed by atoms with E-state index in [9.17, 15) is 9.59 Å². The number of amides is 2. The van der Waals surface area contributed by atoms with E-state index in [0.29, 0.717) is 36.9 Å². The van der Waals surface area contributed by atoms with Gasteiger partial charge in [0.1, 0.15) is 12.4 Å². The van der Waals surface area contributed by atoms with Gasteiger partial charge in [0.25, 0.3) is 5.91 Å². The number of piperidine rings is 1. The topological polar surface area (TPSA) is 104 Å². The van der Waals surface area contributed by atoms with Crippen LogP contribution in [0.3, 0.4) is 0 Å². The molecular formula is C27H32N4O4. The van der Waals surface area contributed by atoms with Gasteiger partial charge in [0.05, 0.1) is 17.5 Å². The fourth-order valence-corrected chi connectivity index (χ4v) is 4.62. The van der Waals surface area contributed by atoms with Crippen molar-refractivity contribution in [1.82, 2.24) is 20.7 Å². The lowest BCUT2D eigenvalue weighted by atomic mass is 9.90. The summed E-state index contributed by atoms with van der Waals surface area (Å²) in [6.07, 6.45) is 0.561. The van der Waals surface area contributed by atoms with Crippen molar-refractivity contribution in [3.05, 3.63) is 71.4 Å². The number of pyridine rings is 1. The summed E-state index contributed by atoms with van der Waals surface area (Å²) in [7, 11) is 0. The van der Waals surface area contributed by atoms with Crippen LogP contribution in [-0.2, 0) is 11.4 Å². The Morgan fingerprint density at radius 2 is 1.91 bits per heavy atom. The smallest absolute Gasteiger partial charge is 0.251 e. The molecule has 4 rings (SSSR count). The number of likely N-dealkylation sites (tertiary alicyclic amines) is 1. The third-order valence-electron chi connectivity index (χ3n) is 6.58. The molecule has 0 unspecified atom stereocenters. The Morgan fingerprint density at radius 3 is 2.63 bits per heavy atom. The highest BCUT2D eigenvalue weighted by Crippen LogP contribution is 2.23.